The van der Waals surface area contributed by atoms with Gasteiger partial charge in [-0.2, -0.15) is 0 Å². The quantitative estimate of drug-likeness (QED) is 0.789. The topological polar surface area (TPSA) is 78.8 Å². The maximum absolute atomic E-state index is 12.2. The van der Waals surface area contributed by atoms with Gasteiger partial charge in [-0.1, -0.05) is 18.2 Å². The predicted octanol–water partition coefficient (Wildman–Crippen LogP) is 2.54. The largest absolute Gasteiger partial charge is 0.508 e. The first kappa shape index (κ1) is 14.9. The third-order valence-corrected chi connectivity index (χ3v) is 3.07. The van der Waals surface area contributed by atoms with Gasteiger partial charge in [0.15, 0.2) is 0 Å². The Bertz CT molecular complexity index is 640. The molecule has 5 nitrogen and oxygen atoms in total. The maximum atomic E-state index is 12.2. The van der Waals surface area contributed by atoms with Gasteiger partial charge in [-0.05, 0) is 30.2 Å². The number of methoxy groups -OCH3 is 1. The van der Waals surface area contributed by atoms with E-state index < -0.39 is 5.91 Å². The van der Waals surface area contributed by atoms with Gasteiger partial charge < -0.3 is 20.3 Å². The van der Waals surface area contributed by atoms with E-state index in [-0.39, 0.29) is 17.1 Å². The van der Waals surface area contributed by atoms with E-state index in [1.165, 1.54) is 12.1 Å². The zero-order valence-electron chi connectivity index (χ0n) is 11.7. The number of phenols is 2. The van der Waals surface area contributed by atoms with Crippen molar-refractivity contribution in [2.45, 2.75) is 6.42 Å². The highest BCUT2D eigenvalue weighted by Crippen LogP contribution is 2.24. The van der Waals surface area contributed by atoms with Gasteiger partial charge >= 0.3 is 0 Å². The summed E-state index contributed by atoms with van der Waals surface area (Å²) in [6.45, 7) is 0.553. The van der Waals surface area contributed by atoms with E-state index in [9.17, 15) is 15.0 Å². The molecular weight excluding hydrogens is 270 g/mol. The summed E-state index contributed by atoms with van der Waals surface area (Å²) in [4.78, 5) is 12.2. The first-order valence-corrected chi connectivity index (χ1v) is 6.52. The van der Waals surface area contributed by atoms with Crippen molar-refractivity contribution in [1.29, 1.82) is 0 Å². The lowest BCUT2D eigenvalue weighted by Gasteiger charge is -2.11. The number of carbonyl (C=O) groups excluding carboxylic acids is 1. The van der Waals surface area contributed by atoms with Crippen molar-refractivity contribution >= 4 is 11.6 Å². The van der Waals surface area contributed by atoms with Gasteiger partial charge in [0.05, 0.1) is 12.2 Å². The fourth-order valence-corrected chi connectivity index (χ4v) is 1.97. The Kier molecular flexibility index (Phi) is 4.79. The summed E-state index contributed by atoms with van der Waals surface area (Å²) in [6.07, 6.45) is 0.675. The van der Waals surface area contributed by atoms with Crippen molar-refractivity contribution in [3.05, 3.63) is 53.6 Å². The molecule has 0 atom stereocenters. The number of aromatic hydroxyl groups is 2. The van der Waals surface area contributed by atoms with Gasteiger partial charge in [-0.3, -0.25) is 4.79 Å². The van der Waals surface area contributed by atoms with Crippen LogP contribution in [0.1, 0.15) is 15.9 Å². The molecule has 0 saturated heterocycles. The van der Waals surface area contributed by atoms with E-state index in [0.717, 1.165) is 11.6 Å². The van der Waals surface area contributed by atoms with Crippen LogP contribution in [0.4, 0.5) is 5.69 Å². The number of hydrogen-bond acceptors (Lipinski definition) is 4. The normalized spacial score (nSPS) is 10.3. The Morgan fingerprint density at radius 2 is 1.95 bits per heavy atom. The van der Waals surface area contributed by atoms with Crippen LogP contribution in [0.3, 0.4) is 0 Å². The van der Waals surface area contributed by atoms with Gasteiger partial charge in [0, 0.05) is 18.9 Å². The lowest BCUT2D eigenvalue weighted by Crippen LogP contribution is -2.14. The third kappa shape index (κ3) is 3.73. The Morgan fingerprint density at radius 3 is 2.67 bits per heavy atom. The van der Waals surface area contributed by atoms with Crippen LogP contribution in [0.25, 0.3) is 0 Å². The van der Waals surface area contributed by atoms with E-state index in [4.69, 9.17) is 4.74 Å². The molecule has 5 heteroatoms. The number of anilines is 1. The highest BCUT2D eigenvalue weighted by atomic mass is 16.5. The summed E-state index contributed by atoms with van der Waals surface area (Å²) < 4.78 is 5.04. The number of phenolic OH excluding ortho intramolecular Hbond substituents is 2. The van der Waals surface area contributed by atoms with Gasteiger partial charge in [0.2, 0.25) is 0 Å². The van der Waals surface area contributed by atoms with Crippen LogP contribution >= 0.6 is 0 Å². The van der Waals surface area contributed by atoms with Crippen molar-refractivity contribution in [2.24, 2.45) is 0 Å². The van der Waals surface area contributed by atoms with Crippen molar-refractivity contribution in [3.8, 4) is 11.5 Å². The fourth-order valence-electron chi connectivity index (χ4n) is 1.97. The van der Waals surface area contributed by atoms with Gasteiger partial charge in [0.1, 0.15) is 11.5 Å². The van der Waals surface area contributed by atoms with Crippen molar-refractivity contribution < 1.29 is 19.7 Å². The maximum Gasteiger partial charge on any atom is 0.259 e. The van der Waals surface area contributed by atoms with Crippen LogP contribution < -0.4 is 5.32 Å². The van der Waals surface area contributed by atoms with Gasteiger partial charge in [0.25, 0.3) is 5.91 Å². The minimum atomic E-state index is -0.433. The molecular formula is C16H17NO4. The van der Waals surface area contributed by atoms with Gasteiger partial charge in [-0.15, -0.1) is 0 Å². The molecule has 2 rings (SSSR count). The number of hydrogen-bond donors (Lipinski definition) is 3. The Labute approximate surface area is 122 Å². The molecule has 0 bridgehead atoms. The molecule has 0 heterocycles. The molecule has 0 saturated carbocycles. The van der Waals surface area contributed by atoms with Crippen LogP contribution in [-0.4, -0.2) is 29.8 Å². The van der Waals surface area contributed by atoms with E-state index in [2.05, 4.69) is 5.32 Å². The average Bonchev–Trinajstić information content (AvgIpc) is 2.46. The summed E-state index contributed by atoms with van der Waals surface area (Å²) >= 11 is 0. The minimum Gasteiger partial charge on any atom is -0.508 e. The second-order valence-electron chi connectivity index (χ2n) is 4.56. The first-order chi connectivity index (χ1) is 10.1. The molecule has 0 aromatic heterocycles. The standard InChI is InChI=1S/C16H17NO4/c1-21-9-8-11-4-2-3-5-14(11)17-16(20)13-7-6-12(18)10-15(13)19/h2-7,10,18-19H,8-9H2,1H3,(H,17,20). The summed E-state index contributed by atoms with van der Waals surface area (Å²) in [5.74, 6) is -0.788. The highest BCUT2D eigenvalue weighted by Gasteiger charge is 2.13. The molecule has 2 aromatic carbocycles. The van der Waals surface area contributed by atoms with E-state index >= 15 is 0 Å². The van der Waals surface area contributed by atoms with Crippen LogP contribution in [-0.2, 0) is 11.2 Å². The van der Waals surface area contributed by atoms with Crippen LogP contribution in [0, 0.1) is 0 Å². The molecule has 0 aliphatic heterocycles. The summed E-state index contributed by atoms with van der Waals surface area (Å²) in [7, 11) is 1.62. The van der Waals surface area contributed by atoms with Crippen LogP contribution in [0.15, 0.2) is 42.5 Å². The zero-order chi connectivity index (χ0) is 15.2. The summed E-state index contributed by atoms with van der Waals surface area (Å²) in [5, 5.41) is 21.7. The summed E-state index contributed by atoms with van der Waals surface area (Å²) in [5.41, 5.74) is 1.73. The van der Waals surface area contributed by atoms with Crippen molar-refractivity contribution in [3.63, 3.8) is 0 Å². The lowest BCUT2D eigenvalue weighted by molar-refractivity contribution is 0.102. The number of amides is 1. The number of ether oxygens (including phenoxy) is 1. The SMILES string of the molecule is COCCc1ccccc1NC(=O)c1ccc(O)cc1O. The second kappa shape index (κ2) is 6.76. The second-order valence-corrected chi connectivity index (χ2v) is 4.56. The predicted molar refractivity (Wildman–Crippen MR) is 79.7 cm³/mol. The molecule has 3 N–H and O–H groups in total. The number of nitrogens with one attached hydrogen (secondary N) is 1. The molecule has 0 radical (unpaired) electrons. The Hall–Kier alpha value is -2.53. The molecule has 21 heavy (non-hydrogen) atoms. The molecule has 0 spiro atoms. The molecule has 0 fully saturated rings. The lowest BCUT2D eigenvalue weighted by atomic mass is 10.1. The van der Waals surface area contributed by atoms with Crippen LogP contribution in [0.2, 0.25) is 0 Å². The average molecular weight is 287 g/mol. The molecule has 1 amide bonds. The highest BCUT2D eigenvalue weighted by molar-refractivity contribution is 6.06. The Morgan fingerprint density at radius 1 is 1.19 bits per heavy atom. The zero-order valence-corrected chi connectivity index (χ0v) is 11.7. The summed E-state index contributed by atoms with van der Waals surface area (Å²) in [6, 6.07) is 11.3. The molecule has 0 aliphatic rings. The molecule has 0 aliphatic carbocycles. The molecule has 110 valence electrons. The van der Waals surface area contributed by atoms with E-state index in [1.807, 2.05) is 18.2 Å². The first-order valence-electron chi connectivity index (χ1n) is 6.52. The number of para-hydroxylation sites is 1. The number of carbonyl (C=O) groups is 1. The third-order valence-electron chi connectivity index (χ3n) is 3.07. The Balaban J connectivity index is 2.19. The van der Waals surface area contributed by atoms with E-state index in [0.29, 0.717) is 18.7 Å². The number of benzene rings is 2. The number of rotatable bonds is 5. The monoisotopic (exact) mass is 287 g/mol. The molecule has 0 unspecified atom stereocenters. The smallest absolute Gasteiger partial charge is 0.259 e. The van der Waals surface area contributed by atoms with Crippen LogP contribution in [0.5, 0.6) is 11.5 Å². The fraction of sp³-hybridized carbons (Fsp3) is 0.188. The van der Waals surface area contributed by atoms with Crippen molar-refractivity contribution in [1.82, 2.24) is 0 Å². The minimum absolute atomic E-state index is 0.0930. The van der Waals surface area contributed by atoms with Crippen molar-refractivity contribution in [2.75, 3.05) is 19.0 Å². The molecule has 2 aromatic rings. The van der Waals surface area contributed by atoms with E-state index in [1.54, 1.807) is 13.2 Å². The van der Waals surface area contributed by atoms with Gasteiger partial charge in [-0.25, -0.2) is 0 Å².